The van der Waals surface area contributed by atoms with E-state index in [2.05, 4.69) is 19.3 Å². The molecular weight excluding hydrogens is 828 g/mol. The third-order valence-electron chi connectivity index (χ3n) is 8.20. The Hall–Kier alpha value is -4.20. The van der Waals surface area contributed by atoms with Crippen molar-refractivity contribution in [2.45, 2.75) is 116 Å². The molecule has 26 nitrogen and oxygen atoms in total. The number of imidazole rings is 1. The number of nitrogen functional groups attached to an aromatic ring is 1. The second-order valence-corrected chi connectivity index (χ2v) is 16.3. The summed E-state index contributed by atoms with van der Waals surface area (Å²) in [4.78, 5) is 94.2. The number of carbonyl (C=O) groups is 5. The average molecular weight is 870 g/mol. The Bertz CT molecular complexity index is 2000. The summed E-state index contributed by atoms with van der Waals surface area (Å²) in [5, 5.41) is 0. The van der Waals surface area contributed by atoms with E-state index in [0.717, 1.165) is 34.6 Å². The highest BCUT2D eigenvalue weighted by atomic mass is 31.3. The number of anilines is 1. The minimum absolute atomic E-state index is 0.0850. The maximum absolute atomic E-state index is 13.4. The highest BCUT2D eigenvalue weighted by molar-refractivity contribution is 7.61. The van der Waals surface area contributed by atoms with Gasteiger partial charge in [-0.3, -0.25) is 37.6 Å². The van der Waals surface area contributed by atoms with Crippen LogP contribution in [0.1, 0.15) is 54.7 Å². The van der Waals surface area contributed by atoms with Gasteiger partial charge in [0, 0.05) is 34.6 Å². The highest BCUT2D eigenvalue weighted by Crippen LogP contribution is 2.62. The van der Waals surface area contributed by atoms with Crippen molar-refractivity contribution in [3.05, 3.63) is 12.7 Å². The van der Waals surface area contributed by atoms with Crippen LogP contribution in [0.25, 0.3) is 11.2 Å². The SMILES string of the molecule is CC(=O)OC[C@@H](OC(C)=O)C1O[C@@H](OP(=O)(O)OP(=O)(O)OC[C@H]2O[C@@H](n3cnc4c(N)ncnc43)[C@H]3OC(C)(C)O[C@H]32)C(OC(C)=O)C(OC(C)=O)[C@@H]1OC(C)=O. The quantitative estimate of drug-likeness (QED) is 0.121. The number of carbonyl (C=O) groups excluding carboxylic acids is 5. The van der Waals surface area contributed by atoms with Gasteiger partial charge in [0.1, 0.15) is 42.9 Å². The van der Waals surface area contributed by atoms with Crippen molar-refractivity contribution in [3.8, 4) is 0 Å². The number of hydrogen-bond donors (Lipinski definition) is 3. The van der Waals surface area contributed by atoms with Crippen LogP contribution in [0.3, 0.4) is 0 Å². The molecule has 2 aromatic rings. The van der Waals surface area contributed by atoms with Crippen LogP contribution in [-0.2, 0) is 89.1 Å². The monoisotopic (exact) mass is 869 g/mol. The first-order valence-corrected chi connectivity index (χ1v) is 20.1. The van der Waals surface area contributed by atoms with Crippen LogP contribution in [0, 0.1) is 0 Å². The summed E-state index contributed by atoms with van der Waals surface area (Å²) in [6.45, 7) is 6.30. The largest absolute Gasteiger partial charge is 0.483 e. The third kappa shape index (κ3) is 10.9. The summed E-state index contributed by atoms with van der Waals surface area (Å²) in [5.74, 6) is -6.16. The van der Waals surface area contributed by atoms with Gasteiger partial charge in [0.05, 0.1) is 12.9 Å². The molecule has 0 amide bonds. The minimum atomic E-state index is -5.91. The van der Waals surface area contributed by atoms with Crippen LogP contribution in [-0.4, -0.2) is 133 Å². The molecule has 28 heteroatoms. The van der Waals surface area contributed by atoms with Crippen LogP contribution in [0.5, 0.6) is 0 Å². The number of fused-ring (bicyclic) bond motifs is 2. The molecule has 0 bridgehead atoms. The number of phosphoric acid groups is 2. The van der Waals surface area contributed by atoms with Gasteiger partial charge < -0.3 is 58.2 Å². The standard InChI is InChI=1S/C30H41N5O21P2/c1-12(36)45-8-17(47-13(2)37)20-22(48-14(3)38)23(49-15(4)39)25(50-16(5)40)29(52-20)55-58(43,44)56-57(41,42)46-9-18-21-24(54-30(6,7)53-21)28(51-18)35-11-34-19-26(31)32-10-33-27(19)35/h10-11,17-18,20-25,28-29H,8-9H2,1-7H3,(H,41,42)(H,43,44)(H2,31,32,33)/t17-,18-,20?,21+,22-,23?,24+,25?,28-,29+/m1/s1. The number of ether oxygens (including phenoxy) is 9. The average Bonchev–Trinajstić information content (AvgIpc) is 3.74. The van der Waals surface area contributed by atoms with E-state index in [1.165, 1.54) is 17.2 Å². The van der Waals surface area contributed by atoms with Crippen LogP contribution in [0.15, 0.2) is 12.7 Å². The van der Waals surface area contributed by atoms with Gasteiger partial charge in [-0.1, -0.05) is 0 Å². The number of aromatic nitrogens is 4. The zero-order valence-electron chi connectivity index (χ0n) is 31.8. The fraction of sp³-hybridized carbons (Fsp3) is 0.667. The molecule has 3 saturated heterocycles. The first-order valence-electron chi connectivity index (χ1n) is 17.1. The van der Waals surface area contributed by atoms with E-state index in [0.29, 0.717) is 0 Å². The van der Waals surface area contributed by atoms with Gasteiger partial charge in [0.2, 0.25) is 6.29 Å². The number of hydrogen-bond acceptors (Lipinski definition) is 23. The van der Waals surface area contributed by atoms with Gasteiger partial charge in [-0.15, -0.1) is 0 Å². The van der Waals surface area contributed by atoms with Gasteiger partial charge >= 0.3 is 45.5 Å². The van der Waals surface area contributed by atoms with Gasteiger partial charge in [0.15, 0.2) is 47.9 Å². The number of nitrogens with two attached hydrogens (primary N) is 1. The molecule has 0 saturated carbocycles. The van der Waals surface area contributed by atoms with Crippen LogP contribution in [0.2, 0.25) is 0 Å². The summed E-state index contributed by atoms with van der Waals surface area (Å²) < 4.78 is 92.6. The fourth-order valence-corrected chi connectivity index (χ4v) is 8.50. The van der Waals surface area contributed by atoms with Crippen LogP contribution < -0.4 is 5.73 Å². The van der Waals surface area contributed by atoms with Gasteiger partial charge in [-0.25, -0.2) is 24.1 Å². The summed E-state index contributed by atoms with van der Waals surface area (Å²) >= 11 is 0. The molecule has 322 valence electrons. The maximum Gasteiger partial charge on any atom is 0.483 e. The molecule has 0 radical (unpaired) electrons. The van der Waals surface area contributed by atoms with E-state index in [1.54, 1.807) is 13.8 Å². The lowest BCUT2D eigenvalue weighted by Gasteiger charge is -2.45. The van der Waals surface area contributed by atoms with Crippen molar-refractivity contribution in [3.63, 3.8) is 0 Å². The Morgan fingerprint density at radius 3 is 2.09 bits per heavy atom. The van der Waals surface area contributed by atoms with Crippen LogP contribution in [0.4, 0.5) is 5.82 Å². The maximum atomic E-state index is 13.4. The van der Waals surface area contributed by atoms with E-state index in [9.17, 15) is 42.9 Å². The zero-order valence-corrected chi connectivity index (χ0v) is 33.5. The fourth-order valence-electron chi connectivity index (χ4n) is 6.34. The highest BCUT2D eigenvalue weighted by Gasteiger charge is 2.59. The van der Waals surface area contributed by atoms with Gasteiger partial charge in [-0.05, 0) is 13.8 Å². The Morgan fingerprint density at radius 2 is 1.47 bits per heavy atom. The number of phosphoric ester groups is 2. The zero-order chi connectivity index (χ0) is 42.9. The molecule has 4 N–H and O–H groups in total. The summed E-state index contributed by atoms with van der Waals surface area (Å²) in [6.07, 6.45) is -13.3. The normalized spacial score (nSPS) is 30.3. The Kier molecular flexibility index (Phi) is 13.6. The molecule has 3 aliphatic rings. The van der Waals surface area contributed by atoms with E-state index in [-0.39, 0.29) is 17.0 Å². The van der Waals surface area contributed by atoms with Crippen molar-refractivity contribution in [2.75, 3.05) is 18.9 Å². The minimum Gasteiger partial charge on any atom is -0.462 e. The summed E-state index contributed by atoms with van der Waals surface area (Å²) in [7, 11) is -11.5. The third-order valence-corrected chi connectivity index (χ3v) is 10.8. The van der Waals surface area contributed by atoms with Crippen LogP contribution >= 0.6 is 15.6 Å². The van der Waals surface area contributed by atoms with E-state index < -0.39 is 126 Å². The smallest absolute Gasteiger partial charge is 0.462 e. The molecule has 0 aliphatic carbocycles. The number of esters is 5. The van der Waals surface area contributed by atoms with E-state index >= 15 is 0 Å². The van der Waals surface area contributed by atoms with Crippen molar-refractivity contribution in [2.24, 2.45) is 0 Å². The number of rotatable bonds is 15. The second kappa shape index (κ2) is 17.6. The van der Waals surface area contributed by atoms with Crippen molar-refractivity contribution in [1.82, 2.24) is 19.5 Å². The Labute approximate surface area is 327 Å². The molecule has 0 aromatic carbocycles. The molecule has 3 fully saturated rings. The first-order chi connectivity index (χ1) is 27.0. The van der Waals surface area contributed by atoms with Gasteiger partial charge in [0.25, 0.3) is 0 Å². The van der Waals surface area contributed by atoms with E-state index in [1.807, 2.05) is 0 Å². The predicted molar refractivity (Wildman–Crippen MR) is 183 cm³/mol. The van der Waals surface area contributed by atoms with Crippen molar-refractivity contribution in [1.29, 1.82) is 0 Å². The molecule has 58 heavy (non-hydrogen) atoms. The van der Waals surface area contributed by atoms with Crippen molar-refractivity contribution >= 4 is 62.5 Å². The lowest BCUT2D eigenvalue weighted by molar-refractivity contribution is -0.301. The predicted octanol–water partition coefficient (Wildman–Crippen LogP) is 0.0914. The molecule has 5 unspecified atom stereocenters. The first kappa shape index (κ1) is 44.9. The van der Waals surface area contributed by atoms with Gasteiger partial charge in [-0.2, -0.15) is 4.31 Å². The summed E-state index contributed by atoms with van der Waals surface area (Å²) in [5.41, 5.74) is 6.43. The van der Waals surface area contributed by atoms with E-state index in [4.69, 9.17) is 57.4 Å². The lowest BCUT2D eigenvalue weighted by Crippen LogP contribution is -2.65. The Balaban J connectivity index is 1.38. The summed E-state index contributed by atoms with van der Waals surface area (Å²) in [6, 6.07) is 0. The molecule has 5 rings (SSSR count). The van der Waals surface area contributed by atoms with Crippen molar-refractivity contribution < 1.29 is 98.9 Å². The molecule has 12 atom stereocenters. The molecule has 5 heterocycles. The molecule has 0 spiro atoms. The molecular formula is C30H41N5O21P2. The topological polar surface area (TPSA) is 340 Å². The Morgan fingerprint density at radius 1 is 0.845 bits per heavy atom. The lowest BCUT2D eigenvalue weighted by atomic mass is 9.94. The second-order valence-electron chi connectivity index (χ2n) is 13.3. The molecule has 3 aliphatic heterocycles. The molecule has 2 aromatic heterocycles. The number of nitrogens with zero attached hydrogens (tertiary/aromatic N) is 4.